The van der Waals surface area contributed by atoms with Crippen molar-refractivity contribution in [1.82, 2.24) is 15.5 Å². The van der Waals surface area contributed by atoms with Crippen molar-refractivity contribution < 1.29 is 0 Å². The molecule has 0 atom stereocenters. The van der Waals surface area contributed by atoms with E-state index in [1.165, 1.54) is 5.69 Å². The maximum Gasteiger partial charge on any atom is 0.0999 e. The van der Waals surface area contributed by atoms with Crippen molar-refractivity contribution in [2.24, 2.45) is 0 Å². The van der Waals surface area contributed by atoms with Crippen molar-refractivity contribution in [2.45, 2.75) is 0 Å². The van der Waals surface area contributed by atoms with Gasteiger partial charge in [-0.3, -0.25) is 5.10 Å². The van der Waals surface area contributed by atoms with Crippen molar-refractivity contribution in [1.29, 1.82) is 0 Å². The summed E-state index contributed by atoms with van der Waals surface area (Å²) >= 11 is 6.11. The van der Waals surface area contributed by atoms with Gasteiger partial charge in [-0.05, 0) is 30.3 Å². The predicted octanol–water partition coefficient (Wildman–Crippen LogP) is 3.29. The third-order valence-corrected chi connectivity index (χ3v) is 4.38. The number of halogens is 1. The minimum absolute atomic E-state index is 0.729. The zero-order chi connectivity index (χ0) is 14.9. The lowest BCUT2D eigenvalue weighted by molar-refractivity contribution is 0.589. The minimum Gasteiger partial charge on any atom is -0.369 e. The molecule has 0 aliphatic carbocycles. The fourth-order valence-electron chi connectivity index (χ4n) is 2.96. The first-order valence-electron chi connectivity index (χ1n) is 7.51. The summed E-state index contributed by atoms with van der Waals surface area (Å²) in [5.41, 5.74) is 4.32. The first-order valence-corrected chi connectivity index (χ1v) is 7.89. The van der Waals surface area contributed by atoms with Gasteiger partial charge in [0.15, 0.2) is 0 Å². The molecule has 0 radical (unpaired) electrons. The molecule has 2 N–H and O–H groups in total. The lowest BCUT2D eigenvalue weighted by atomic mass is 10.1. The zero-order valence-electron chi connectivity index (χ0n) is 12.1. The second kappa shape index (κ2) is 5.63. The first-order chi connectivity index (χ1) is 10.8. The number of aromatic amines is 1. The number of nitrogens with one attached hydrogen (secondary N) is 2. The van der Waals surface area contributed by atoms with Gasteiger partial charge in [0.1, 0.15) is 0 Å². The number of rotatable bonds is 2. The average Bonchev–Trinajstić information content (AvgIpc) is 2.99. The van der Waals surface area contributed by atoms with Crippen LogP contribution in [0, 0.1) is 0 Å². The molecule has 112 valence electrons. The molecule has 1 aliphatic heterocycles. The van der Waals surface area contributed by atoms with Crippen molar-refractivity contribution >= 4 is 28.2 Å². The number of anilines is 1. The lowest BCUT2D eigenvalue weighted by Crippen LogP contribution is -2.43. The summed E-state index contributed by atoms with van der Waals surface area (Å²) in [5, 5.41) is 12.7. The van der Waals surface area contributed by atoms with Crippen molar-refractivity contribution in [2.75, 3.05) is 31.1 Å². The van der Waals surface area contributed by atoms with Gasteiger partial charge in [-0.1, -0.05) is 23.7 Å². The smallest absolute Gasteiger partial charge is 0.0999 e. The molecular weight excluding hydrogens is 296 g/mol. The SMILES string of the molecule is Clc1ccc2[nH]nc(-c3ccc(N4CCNCC4)cc3)c2c1. The van der Waals surface area contributed by atoms with Gasteiger partial charge >= 0.3 is 0 Å². The Kier molecular flexibility index (Phi) is 3.48. The van der Waals surface area contributed by atoms with Crippen molar-refractivity contribution in [3.8, 4) is 11.3 Å². The topological polar surface area (TPSA) is 44.0 Å². The van der Waals surface area contributed by atoms with Gasteiger partial charge in [0.2, 0.25) is 0 Å². The normalized spacial score (nSPS) is 15.4. The van der Waals surface area contributed by atoms with Crippen LogP contribution in [-0.2, 0) is 0 Å². The summed E-state index contributed by atoms with van der Waals surface area (Å²) in [7, 11) is 0. The van der Waals surface area contributed by atoms with Crippen LogP contribution in [0.2, 0.25) is 5.02 Å². The van der Waals surface area contributed by atoms with E-state index < -0.39 is 0 Å². The van der Waals surface area contributed by atoms with Crippen LogP contribution in [0.5, 0.6) is 0 Å². The van der Waals surface area contributed by atoms with E-state index in [2.05, 4.69) is 44.7 Å². The number of fused-ring (bicyclic) bond motifs is 1. The van der Waals surface area contributed by atoms with E-state index in [4.69, 9.17) is 11.6 Å². The Morgan fingerprint density at radius 2 is 1.77 bits per heavy atom. The fraction of sp³-hybridized carbons (Fsp3) is 0.235. The Morgan fingerprint density at radius 3 is 2.55 bits per heavy atom. The van der Waals surface area contributed by atoms with E-state index >= 15 is 0 Å². The van der Waals surface area contributed by atoms with Gasteiger partial charge in [0.25, 0.3) is 0 Å². The molecule has 0 unspecified atom stereocenters. The summed E-state index contributed by atoms with van der Waals surface area (Å²) in [5.74, 6) is 0. The Hall–Kier alpha value is -2.04. The molecule has 2 aromatic carbocycles. The van der Waals surface area contributed by atoms with E-state index in [9.17, 15) is 0 Å². The third kappa shape index (κ3) is 2.45. The number of hydrogen-bond acceptors (Lipinski definition) is 3. The second-order valence-electron chi connectivity index (χ2n) is 5.55. The highest BCUT2D eigenvalue weighted by Crippen LogP contribution is 2.29. The van der Waals surface area contributed by atoms with E-state index in [-0.39, 0.29) is 0 Å². The highest BCUT2D eigenvalue weighted by atomic mass is 35.5. The quantitative estimate of drug-likeness (QED) is 0.763. The molecule has 2 heterocycles. The minimum atomic E-state index is 0.729. The number of hydrogen-bond donors (Lipinski definition) is 2. The highest BCUT2D eigenvalue weighted by molar-refractivity contribution is 6.31. The molecule has 5 heteroatoms. The van der Waals surface area contributed by atoms with Crippen LogP contribution >= 0.6 is 11.6 Å². The third-order valence-electron chi connectivity index (χ3n) is 4.15. The predicted molar refractivity (Wildman–Crippen MR) is 91.6 cm³/mol. The number of benzene rings is 2. The van der Waals surface area contributed by atoms with Crippen molar-refractivity contribution in [3.63, 3.8) is 0 Å². The largest absolute Gasteiger partial charge is 0.369 e. The Labute approximate surface area is 134 Å². The van der Waals surface area contributed by atoms with Crippen LogP contribution in [0.1, 0.15) is 0 Å². The average molecular weight is 313 g/mol. The molecular formula is C17H17ClN4. The summed E-state index contributed by atoms with van der Waals surface area (Å²) in [6, 6.07) is 14.4. The van der Waals surface area contributed by atoms with E-state index in [1.54, 1.807) is 0 Å². The molecule has 3 aromatic rings. The Bertz CT molecular complexity index is 788. The molecule has 4 rings (SSSR count). The number of H-pyrrole nitrogens is 1. The summed E-state index contributed by atoms with van der Waals surface area (Å²) in [6.07, 6.45) is 0. The van der Waals surface area contributed by atoms with Crippen molar-refractivity contribution in [3.05, 3.63) is 47.5 Å². The van der Waals surface area contributed by atoms with Crippen LogP contribution < -0.4 is 10.2 Å². The summed E-state index contributed by atoms with van der Waals surface area (Å²) < 4.78 is 0. The molecule has 1 aliphatic rings. The van der Waals surface area contributed by atoms with Gasteiger partial charge < -0.3 is 10.2 Å². The van der Waals surface area contributed by atoms with Crippen LogP contribution in [0.4, 0.5) is 5.69 Å². The number of nitrogens with zero attached hydrogens (tertiary/aromatic N) is 2. The molecule has 1 saturated heterocycles. The van der Waals surface area contributed by atoms with E-state index in [0.29, 0.717) is 0 Å². The Morgan fingerprint density at radius 1 is 1.00 bits per heavy atom. The molecule has 4 nitrogen and oxygen atoms in total. The van der Waals surface area contributed by atoms with Gasteiger partial charge in [0.05, 0.1) is 11.2 Å². The molecule has 1 fully saturated rings. The molecule has 0 spiro atoms. The molecule has 1 aromatic heterocycles. The van der Waals surface area contributed by atoms with Gasteiger partial charge in [-0.2, -0.15) is 5.10 Å². The molecule has 0 bridgehead atoms. The van der Waals surface area contributed by atoms with Crippen LogP contribution in [0.15, 0.2) is 42.5 Å². The fourth-order valence-corrected chi connectivity index (χ4v) is 3.13. The zero-order valence-corrected chi connectivity index (χ0v) is 12.9. The number of piperazine rings is 1. The van der Waals surface area contributed by atoms with Gasteiger partial charge in [-0.25, -0.2) is 0 Å². The van der Waals surface area contributed by atoms with Gasteiger partial charge in [-0.15, -0.1) is 0 Å². The van der Waals surface area contributed by atoms with Gasteiger partial charge in [0, 0.05) is 47.8 Å². The lowest BCUT2D eigenvalue weighted by Gasteiger charge is -2.29. The second-order valence-corrected chi connectivity index (χ2v) is 5.98. The summed E-state index contributed by atoms with van der Waals surface area (Å²) in [6.45, 7) is 4.20. The van der Waals surface area contributed by atoms with E-state index in [0.717, 1.165) is 53.4 Å². The standard InChI is InChI=1S/C17H17ClN4/c18-13-3-6-16-15(11-13)17(21-20-16)12-1-4-14(5-2-12)22-9-7-19-8-10-22/h1-6,11,19H,7-10H2,(H,20,21). The van der Waals surface area contributed by atoms with Crippen LogP contribution in [0.3, 0.4) is 0 Å². The maximum absolute atomic E-state index is 6.11. The highest BCUT2D eigenvalue weighted by Gasteiger charge is 2.12. The Balaban J connectivity index is 1.68. The van der Waals surface area contributed by atoms with Crippen LogP contribution in [-0.4, -0.2) is 36.4 Å². The molecule has 22 heavy (non-hydrogen) atoms. The van der Waals surface area contributed by atoms with E-state index in [1.807, 2.05) is 18.2 Å². The summed E-state index contributed by atoms with van der Waals surface area (Å²) in [4.78, 5) is 2.40. The molecule has 0 saturated carbocycles. The maximum atomic E-state index is 6.11. The van der Waals surface area contributed by atoms with Crippen LogP contribution in [0.25, 0.3) is 22.2 Å². The first kappa shape index (κ1) is 13.6. The number of aromatic nitrogens is 2. The monoisotopic (exact) mass is 312 g/mol. The molecule has 0 amide bonds.